The number of hydrogen-bond acceptors (Lipinski definition) is 1. The average Bonchev–Trinajstić information content (AvgIpc) is 1.84. The first kappa shape index (κ1) is 10.3. The van der Waals surface area contributed by atoms with Crippen molar-refractivity contribution in [2.75, 3.05) is 6.54 Å². The van der Waals surface area contributed by atoms with Crippen LogP contribution in [0.5, 0.6) is 0 Å². The molecular weight excluding hydrogens is 134 g/mol. The third kappa shape index (κ3) is 5.71. The second-order valence-corrected chi connectivity index (χ2v) is 3.90. The second-order valence-electron chi connectivity index (χ2n) is 3.90. The van der Waals surface area contributed by atoms with Crippen LogP contribution in [0, 0.1) is 5.41 Å². The lowest BCUT2D eigenvalue weighted by Crippen LogP contribution is -2.23. The molecule has 64 valence electrons. The highest BCUT2D eigenvalue weighted by Crippen LogP contribution is 2.15. The Morgan fingerprint density at radius 3 is 2.18 bits per heavy atom. The second kappa shape index (κ2) is 4.22. The molecule has 0 bridgehead atoms. The Labute approximate surface area is 70.4 Å². The smallest absolute Gasteiger partial charge is 0.0267 e. The Morgan fingerprint density at radius 2 is 1.91 bits per heavy atom. The van der Waals surface area contributed by atoms with Crippen LogP contribution in [0.15, 0.2) is 25.1 Å². The van der Waals surface area contributed by atoms with Crippen molar-refractivity contribution in [1.29, 1.82) is 0 Å². The normalized spacial score (nSPS) is 12.0. The maximum absolute atomic E-state index is 3.74. The maximum atomic E-state index is 3.74. The summed E-state index contributed by atoms with van der Waals surface area (Å²) in [6.45, 7) is 13.4. The molecule has 0 N–H and O–H groups in total. The fourth-order valence-electron chi connectivity index (χ4n) is 0.917. The van der Waals surface area contributed by atoms with E-state index in [1.165, 1.54) is 0 Å². The van der Waals surface area contributed by atoms with Gasteiger partial charge in [0.15, 0.2) is 0 Å². The van der Waals surface area contributed by atoms with Crippen molar-refractivity contribution in [2.45, 2.75) is 27.7 Å². The fraction of sp³-hybridized carbons (Fsp3) is 0.600. The summed E-state index contributed by atoms with van der Waals surface area (Å²) in [5.41, 5.74) is 0.327. The first-order valence-electron chi connectivity index (χ1n) is 4.01. The molecule has 0 radical (unpaired) electrons. The van der Waals surface area contributed by atoms with Gasteiger partial charge in [-0.15, -0.1) is 0 Å². The van der Waals surface area contributed by atoms with Crippen LogP contribution in [0.25, 0.3) is 0 Å². The van der Waals surface area contributed by atoms with Gasteiger partial charge in [0.25, 0.3) is 0 Å². The molecule has 0 aliphatic carbocycles. The van der Waals surface area contributed by atoms with Crippen LogP contribution in [0.4, 0.5) is 0 Å². The van der Waals surface area contributed by atoms with E-state index >= 15 is 0 Å². The van der Waals surface area contributed by atoms with Crippen LogP contribution in [0.3, 0.4) is 0 Å². The van der Waals surface area contributed by atoms with Gasteiger partial charge in [-0.05, 0) is 24.7 Å². The molecule has 0 aromatic rings. The Morgan fingerprint density at radius 1 is 1.36 bits per heavy atom. The lowest BCUT2D eigenvalue weighted by molar-refractivity contribution is 0.306. The molecule has 0 heterocycles. The lowest BCUT2D eigenvalue weighted by Gasteiger charge is -2.25. The van der Waals surface area contributed by atoms with E-state index in [-0.39, 0.29) is 0 Å². The Bertz CT molecular complexity index is 139. The van der Waals surface area contributed by atoms with Crippen LogP contribution in [0.2, 0.25) is 0 Å². The van der Waals surface area contributed by atoms with Crippen molar-refractivity contribution in [3.05, 3.63) is 25.1 Å². The van der Waals surface area contributed by atoms with Gasteiger partial charge in [0, 0.05) is 6.54 Å². The van der Waals surface area contributed by atoms with Crippen LogP contribution in [-0.4, -0.2) is 11.4 Å². The van der Waals surface area contributed by atoms with Crippen LogP contribution in [0.1, 0.15) is 27.7 Å². The highest BCUT2D eigenvalue weighted by molar-refractivity contribution is 4.87. The molecule has 0 rings (SSSR count). The minimum absolute atomic E-state index is 0.327. The fourth-order valence-corrected chi connectivity index (χ4v) is 0.917. The van der Waals surface area contributed by atoms with E-state index < -0.39 is 0 Å². The summed E-state index contributed by atoms with van der Waals surface area (Å²) in [4.78, 5) is 2.10. The summed E-state index contributed by atoms with van der Waals surface area (Å²) in [6.07, 6.45) is 5.91. The van der Waals surface area contributed by atoms with E-state index in [2.05, 4.69) is 32.3 Å². The highest BCUT2D eigenvalue weighted by atomic mass is 15.1. The Hall–Kier alpha value is -0.720. The van der Waals surface area contributed by atoms with E-state index in [4.69, 9.17) is 0 Å². The Kier molecular flexibility index (Phi) is 3.94. The monoisotopic (exact) mass is 153 g/mol. The first-order chi connectivity index (χ1) is 4.99. The van der Waals surface area contributed by atoms with E-state index in [0.29, 0.717) is 5.41 Å². The standard InChI is InChI=1S/C10H19N/c1-6-8-11(7-2)9-10(3,4)5/h6-8H,2,9H2,1,3-5H3/b8-6-. The quantitative estimate of drug-likeness (QED) is 0.602. The van der Waals surface area contributed by atoms with Gasteiger partial charge < -0.3 is 4.90 Å². The highest BCUT2D eigenvalue weighted by Gasteiger charge is 2.11. The van der Waals surface area contributed by atoms with Crippen LogP contribution in [-0.2, 0) is 0 Å². The number of allylic oxidation sites excluding steroid dienone is 1. The summed E-state index contributed by atoms with van der Waals surface area (Å²) in [7, 11) is 0. The third-order valence-electron chi connectivity index (χ3n) is 1.23. The van der Waals surface area contributed by atoms with Gasteiger partial charge in [-0.1, -0.05) is 33.4 Å². The van der Waals surface area contributed by atoms with Crippen molar-refractivity contribution in [3.63, 3.8) is 0 Å². The lowest BCUT2D eigenvalue weighted by atomic mass is 9.96. The molecule has 0 fully saturated rings. The molecule has 0 atom stereocenters. The van der Waals surface area contributed by atoms with Crippen molar-refractivity contribution in [2.24, 2.45) is 5.41 Å². The third-order valence-corrected chi connectivity index (χ3v) is 1.23. The van der Waals surface area contributed by atoms with Crippen LogP contribution < -0.4 is 0 Å². The maximum Gasteiger partial charge on any atom is 0.0267 e. The number of rotatable bonds is 3. The number of nitrogens with zero attached hydrogens (tertiary/aromatic N) is 1. The van der Waals surface area contributed by atoms with Gasteiger partial charge in [0.1, 0.15) is 0 Å². The molecule has 0 unspecified atom stereocenters. The van der Waals surface area contributed by atoms with Crippen molar-refractivity contribution < 1.29 is 0 Å². The predicted octanol–water partition coefficient (Wildman–Crippen LogP) is 3.01. The molecule has 0 spiro atoms. The molecule has 0 amide bonds. The van der Waals surface area contributed by atoms with E-state index in [1.54, 1.807) is 0 Å². The van der Waals surface area contributed by atoms with Crippen molar-refractivity contribution in [1.82, 2.24) is 4.90 Å². The minimum atomic E-state index is 0.327. The zero-order valence-corrected chi connectivity index (χ0v) is 8.09. The predicted molar refractivity (Wildman–Crippen MR) is 51.2 cm³/mol. The van der Waals surface area contributed by atoms with Crippen LogP contribution >= 0.6 is 0 Å². The summed E-state index contributed by atoms with van der Waals surface area (Å²) < 4.78 is 0. The Balaban J connectivity index is 3.98. The van der Waals surface area contributed by atoms with E-state index in [9.17, 15) is 0 Å². The summed E-state index contributed by atoms with van der Waals surface area (Å²) >= 11 is 0. The molecule has 0 aromatic heterocycles. The molecule has 0 aliphatic rings. The molecule has 0 saturated heterocycles. The average molecular weight is 153 g/mol. The largest absolute Gasteiger partial charge is 0.355 e. The van der Waals surface area contributed by atoms with Gasteiger partial charge in [-0.2, -0.15) is 0 Å². The molecule has 0 aliphatic heterocycles. The minimum Gasteiger partial charge on any atom is -0.355 e. The molecule has 0 saturated carbocycles. The molecular formula is C10H19N. The summed E-state index contributed by atoms with van der Waals surface area (Å²) in [5, 5.41) is 0. The number of hydrogen-bond donors (Lipinski definition) is 0. The SMILES string of the molecule is C=CN(/C=C\C)CC(C)(C)C. The molecule has 1 heteroatoms. The zero-order valence-electron chi connectivity index (χ0n) is 8.09. The topological polar surface area (TPSA) is 3.24 Å². The van der Waals surface area contributed by atoms with Gasteiger partial charge in [0.2, 0.25) is 0 Å². The molecule has 0 aromatic carbocycles. The van der Waals surface area contributed by atoms with Gasteiger partial charge >= 0.3 is 0 Å². The summed E-state index contributed by atoms with van der Waals surface area (Å²) in [5.74, 6) is 0. The van der Waals surface area contributed by atoms with E-state index in [1.807, 2.05) is 25.4 Å². The van der Waals surface area contributed by atoms with Crippen molar-refractivity contribution in [3.8, 4) is 0 Å². The van der Waals surface area contributed by atoms with E-state index in [0.717, 1.165) is 6.54 Å². The zero-order chi connectivity index (χ0) is 8.91. The molecule has 11 heavy (non-hydrogen) atoms. The van der Waals surface area contributed by atoms with Gasteiger partial charge in [-0.3, -0.25) is 0 Å². The first-order valence-corrected chi connectivity index (χ1v) is 4.01. The summed E-state index contributed by atoms with van der Waals surface area (Å²) in [6, 6.07) is 0. The van der Waals surface area contributed by atoms with Gasteiger partial charge in [0.05, 0.1) is 0 Å². The van der Waals surface area contributed by atoms with Crippen molar-refractivity contribution >= 4 is 0 Å². The van der Waals surface area contributed by atoms with Gasteiger partial charge in [-0.25, -0.2) is 0 Å². The molecule has 1 nitrogen and oxygen atoms in total.